The van der Waals surface area contributed by atoms with Crippen LogP contribution >= 0.6 is 46.6 Å². The molecule has 0 radical (unpaired) electrons. The number of ether oxygens (including phenoxy) is 3. The molecule has 1 aliphatic heterocycles. The lowest BCUT2D eigenvalue weighted by atomic mass is 9.98. The summed E-state index contributed by atoms with van der Waals surface area (Å²) in [6.45, 7) is 7.25. The van der Waals surface area contributed by atoms with Crippen molar-refractivity contribution in [3.8, 4) is 5.75 Å². The molecule has 2 heterocycles. The lowest BCUT2D eigenvalue weighted by molar-refractivity contribution is -0.157. The van der Waals surface area contributed by atoms with Crippen LogP contribution in [0.3, 0.4) is 0 Å². The summed E-state index contributed by atoms with van der Waals surface area (Å²) in [4.78, 5) is 83.2. The van der Waals surface area contributed by atoms with E-state index in [0.29, 0.717) is 40.3 Å². The largest absolute Gasteiger partial charge is 0.489 e. The number of thioether (sulfide) groups is 1. The summed E-state index contributed by atoms with van der Waals surface area (Å²) in [5, 5.41) is 14.0. The Morgan fingerprint density at radius 2 is 1.61 bits per heavy atom. The molecule has 0 saturated heterocycles. The molecule has 6 N–H and O–H groups in total. The normalized spacial score (nSPS) is 19.7. The maximum Gasteiger partial charge on any atom is 0.407 e. The smallest absolute Gasteiger partial charge is 0.407 e. The van der Waals surface area contributed by atoms with E-state index in [1.54, 1.807) is 45.9 Å². The molecule has 0 spiro atoms. The number of amides is 5. The first-order chi connectivity index (χ1) is 26.8. The topological polar surface area (TPSA) is 206 Å². The second-order valence-corrected chi connectivity index (χ2v) is 17.9. The van der Waals surface area contributed by atoms with Gasteiger partial charge in [0.25, 0.3) is 0 Å². The van der Waals surface area contributed by atoms with Crippen LogP contribution in [0.4, 0.5) is 4.79 Å². The predicted octanol–water partition coefficient (Wildman–Crippen LogP) is 4.45. The Morgan fingerprint density at radius 3 is 2.26 bits per heavy atom. The van der Waals surface area contributed by atoms with Gasteiger partial charge in [0, 0.05) is 23.6 Å². The van der Waals surface area contributed by atoms with Crippen LogP contribution in [0.5, 0.6) is 5.75 Å². The highest BCUT2D eigenvalue weighted by Gasteiger charge is 2.32. The first-order valence-corrected chi connectivity index (χ1v) is 20.2. The quantitative estimate of drug-likeness (QED) is 0.139. The van der Waals surface area contributed by atoms with Crippen molar-refractivity contribution in [3.63, 3.8) is 0 Å². The molecule has 310 valence electrons. The molecule has 0 bridgehead atoms. The SMILES string of the molecule is CC[C@H](C)[C@@H]1NC(=O)CNC(=O)[C@@H](NC(=O)OCC(Cl)(Cl)Cl)Cc2c([nH]c3cc(OCc4ccccc4)ccc23)SC[C@@H](C(=O)OC(C)(C)C)NC(=O)CNC1=O. The Labute approximate surface area is 349 Å². The van der Waals surface area contributed by atoms with Gasteiger partial charge >= 0.3 is 12.1 Å². The molecule has 0 aliphatic carbocycles. The standard InChI is InChI=1S/C38H47Cl3N6O9S/c1-6-21(2)31-33(51)43-16-29(48)44-28(35(52)56-37(3,4)5)19-57-34-25(24-13-12-23(14-26(24)45-34)54-18-22-10-8-7-9-11-22)15-27(32(50)42-17-30(49)47-31)46-36(53)55-20-38(39,40)41/h7-14,21,27-28,31,45H,6,15-20H2,1-5H3,(H,42,50)(H,43,51)(H,44,48)(H,46,53)(H,47,49)/t21-,27-,28-,31-/m0/s1. The molecule has 57 heavy (non-hydrogen) atoms. The summed E-state index contributed by atoms with van der Waals surface area (Å²) in [5.74, 6) is -3.39. The molecule has 1 aromatic heterocycles. The molecule has 19 heteroatoms. The maximum atomic E-state index is 13.8. The van der Waals surface area contributed by atoms with Gasteiger partial charge in [0.05, 0.1) is 23.6 Å². The van der Waals surface area contributed by atoms with Crippen molar-refractivity contribution in [2.24, 2.45) is 5.92 Å². The number of aromatic nitrogens is 1. The summed E-state index contributed by atoms with van der Waals surface area (Å²) in [7, 11) is 0. The van der Waals surface area contributed by atoms with Gasteiger partial charge in [-0.1, -0.05) is 85.4 Å². The molecular weight excluding hydrogens is 823 g/mol. The number of carbonyl (C=O) groups excluding carboxylic acids is 6. The van der Waals surface area contributed by atoms with Crippen molar-refractivity contribution in [3.05, 3.63) is 59.7 Å². The van der Waals surface area contributed by atoms with Gasteiger partial charge in [-0.25, -0.2) is 9.59 Å². The fraction of sp³-hybridized carbons (Fsp3) is 0.474. The molecule has 2 aromatic carbocycles. The minimum atomic E-state index is -1.94. The van der Waals surface area contributed by atoms with Crippen molar-refractivity contribution in [1.82, 2.24) is 31.6 Å². The van der Waals surface area contributed by atoms with Gasteiger partial charge in [0.1, 0.15) is 42.7 Å². The van der Waals surface area contributed by atoms with Crippen LogP contribution in [0.1, 0.15) is 52.2 Å². The average Bonchev–Trinajstić information content (AvgIpc) is 3.49. The monoisotopic (exact) mass is 868 g/mol. The number of aromatic amines is 1. The van der Waals surface area contributed by atoms with E-state index in [9.17, 15) is 28.8 Å². The minimum Gasteiger partial charge on any atom is -0.489 e. The maximum absolute atomic E-state index is 13.8. The van der Waals surface area contributed by atoms with E-state index in [0.717, 1.165) is 17.3 Å². The Hall–Kier alpha value is -4.38. The number of fused-ring (bicyclic) bond motifs is 3. The third kappa shape index (κ3) is 14.5. The number of carbonyl (C=O) groups is 6. The van der Waals surface area contributed by atoms with E-state index in [4.69, 9.17) is 49.0 Å². The van der Waals surface area contributed by atoms with Gasteiger partial charge in [0.2, 0.25) is 27.4 Å². The Kier molecular flexibility index (Phi) is 16.2. The van der Waals surface area contributed by atoms with Crippen molar-refractivity contribution < 1.29 is 43.0 Å². The number of rotatable bonds is 8. The van der Waals surface area contributed by atoms with Crippen LogP contribution in [-0.4, -0.2) is 93.6 Å². The van der Waals surface area contributed by atoms with Crippen LogP contribution in [-0.2, 0) is 46.5 Å². The van der Waals surface area contributed by atoms with Crippen molar-refractivity contribution in [2.45, 2.75) is 86.6 Å². The van der Waals surface area contributed by atoms with E-state index in [-0.39, 0.29) is 18.1 Å². The number of hydrogen-bond donors (Lipinski definition) is 6. The number of alkyl carbamates (subject to hydrolysis) is 1. The van der Waals surface area contributed by atoms with E-state index in [1.165, 1.54) is 0 Å². The zero-order valence-corrected chi connectivity index (χ0v) is 35.2. The second kappa shape index (κ2) is 20.4. The first kappa shape index (κ1) is 45.3. The lowest BCUT2D eigenvalue weighted by Gasteiger charge is -2.26. The molecule has 4 rings (SSSR count). The predicted molar refractivity (Wildman–Crippen MR) is 217 cm³/mol. The van der Waals surface area contributed by atoms with Gasteiger partial charge < -0.3 is 45.8 Å². The Morgan fingerprint density at radius 1 is 0.947 bits per heavy atom. The summed E-state index contributed by atoms with van der Waals surface area (Å²) < 4.78 is 14.8. The molecule has 0 unspecified atom stereocenters. The summed E-state index contributed by atoms with van der Waals surface area (Å²) in [6.07, 6.45) is -0.755. The minimum absolute atomic E-state index is 0.0487. The number of benzene rings is 2. The van der Waals surface area contributed by atoms with Crippen LogP contribution in [0, 0.1) is 5.92 Å². The summed E-state index contributed by atoms with van der Waals surface area (Å²) >= 11 is 18.5. The van der Waals surface area contributed by atoms with Crippen LogP contribution in [0.15, 0.2) is 53.6 Å². The second-order valence-electron chi connectivity index (χ2n) is 14.3. The lowest BCUT2D eigenvalue weighted by Crippen LogP contribution is -2.55. The van der Waals surface area contributed by atoms with Crippen LogP contribution in [0.25, 0.3) is 10.9 Å². The Bertz CT molecular complexity index is 1920. The fourth-order valence-corrected chi connectivity index (χ4v) is 6.83. The highest BCUT2D eigenvalue weighted by atomic mass is 35.6. The highest BCUT2D eigenvalue weighted by Crippen LogP contribution is 2.34. The zero-order valence-electron chi connectivity index (χ0n) is 32.1. The molecule has 0 fully saturated rings. The van der Waals surface area contributed by atoms with Gasteiger partial charge in [-0.3, -0.25) is 19.2 Å². The van der Waals surface area contributed by atoms with E-state index in [2.05, 4.69) is 31.6 Å². The average molecular weight is 870 g/mol. The van der Waals surface area contributed by atoms with Crippen LogP contribution < -0.4 is 31.3 Å². The number of esters is 1. The molecule has 5 amide bonds. The number of halogens is 3. The summed E-state index contributed by atoms with van der Waals surface area (Å²) in [5.41, 5.74) is 1.19. The third-order valence-corrected chi connectivity index (χ3v) is 10.0. The van der Waals surface area contributed by atoms with Gasteiger partial charge in [-0.15, -0.1) is 11.8 Å². The number of nitrogens with one attached hydrogen (secondary N) is 6. The Balaban J connectivity index is 1.76. The zero-order chi connectivity index (χ0) is 41.9. The number of H-pyrrole nitrogens is 1. The first-order valence-electron chi connectivity index (χ1n) is 18.1. The van der Waals surface area contributed by atoms with E-state index >= 15 is 0 Å². The molecule has 1 aliphatic rings. The molecule has 4 atom stereocenters. The fourth-order valence-electron chi connectivity index (χ4n) is 5.56. The van der Waals surface area contributed by atoms with E-state index in [1.807, 2.05) is 37.3 Å². The van der Waals surface area contributed by atoms with Crippen molar-refractivity contribution in [2.75, 3.05) is 25.4 Å². The summed E-state index contributed by atoms with van der Waals surface area (Å²) in [6, 6.07) is 11.3. The van der Waals surface area contributed by atoms with Gasteiger partial charge in [-0.05, 0) is 49.9 Å². The van der Waals surface area contributed by atoms with Crippen molar-refractivity contribution >= 4 is 93.2 Å². The molecule has 15 nitrogen and oxygen atoms in total. The number of hydrogen-bond acceptors (Lipinski definition) is 10. The van der Waals surface area contributed by atoms with Crippen LogP contribution in [0.2, 0.25) is 0 Å². The molecule has 0 saturated carbocycles. The number of alkyl halides is 3. The highest BCUT2D eigenvalue weighted by molar-refractivity contribution is 7.99. The molecular formula is C38H47Cl3N6O9S. The van der Waals surface area contributed by atoms with Gasteiger partial charge in [0.15, 0.2) is 0 Å². The molecule has 3 aromatic rings. The third-order valence-electron chi connectivity index (χ3n) is 8.55. The van der Waals surface area contributed by atoms with E-state index < -0.39 is 82.9 Å². The van der Waals surface area contributed by atoms with Gasteiger partial charge in [-0.2, -0.15) is 0 Å². The van der Waals surface area contributed by atoms with Crippen molar-refractivity contribution in [1.29, 1.82) is 0 Å².